The normalized spacial score (nSPS) is 12.9. The number of benzene rings is 3. The topological polar surface area (TPSA) is 46.4 Å². The lowest BCUT2D eigenvalue weighted by molar-refractivity contribution is 0.463. The Morgan fingerprint density at radius 2 is 1.57 bits per heavy atom. The van der Waals surface area contributed by atoms with Gasteiger partial charge >= 0.3 is 0 Å². The van der Waals surface area contributed by atoms with Gasteiger partial charge in [0.25, 0.3) is 0 Å². The standard InChI is InChI=1S/C31H25N5O/c1-21-11-14-30(33-19-21)36-26-8-4-3-7-24(26)25-13-12-23(18-29(25)36)37-31-17-22(15-16-32-31)35-20-34(2)27-9-5-6-10-28(27)35/h3-19H,20H2,1-2H3. The van der Waals surface area contributed by atoms with E-state index in [9.17, 15) is 0 Å². The Labute approximate surface area is 215 Å². The minimum absolute atomic E-state index is 0.556. The number of fused-ring (bicyclic) bond motifs is 4. The number of pyridine rings is 2. The Kier molecular flexibility index (Phi) is 4.86. The molecule has 3 aromatic heterocycles. The van der Waals surface area contributed by atoms with E-state index in [1.165, 1.54) is 16.8 Å². The van der Waals surface area contributed by atoms with Gasteiger partial charge in [0.2, 0.25) is 5.88 Å². The van der Waals surface area contributed by atoms with Gasteiger partial charge in [-0.05, 0) is 55.0 Å². The third-order valence-electron chi connectivity index (χ3n) is 6.96. The molecule has 6 aromatic rings. The molecule has 0 bridgehead atoms. The highest BCUT2D eigenvalue weighted by Crippen LogP contribution is 2.40. The Bertz CT molecular complexity index is 1770. The maximum absolute atomic E-state index is 6.32. The van der Waals surface area contributed by atoms with E-state index in [1.54, 1.807) is 6.20 Å². The second-order valence-corrected chi connectivity index (χ2v) is 9.44. The van der Waals surface area contributed by atoms with Crippen LogP contribution in [0.15, 0.2) is 103 Å². The fraction of sp³-hybridized carbons (Fsp3) is 0.0968. The number of hydrogen-bond acceptors (Lipinski definition) is 5. The molecule has 0 N–H and O–H groups in total. The first-order valence-electron chi connectivity index (χ1n) is 12.3. The van der Waals surface area contributed by atoms with Crippen molar-refractivity contribution in [3.05, 3.63) is 109 Å². The number of aryl methyl sites for hydroxylation is 1. The SMILES string of the molecule is Cc1ccc(-n2c3ccccc3c3ccc(Oc4cc(N5CN(C)c6ccccc65)ccn4)cc32)nc1. The smallest absolute Gasteiger partial charge is 0.221 e. The average Bonchev–Trinajstić information content (AvgIpc) is 3.44. The second-order valence-electron chi connectivity index (χ2n) is 9.44. The molecule has 0 atom stereocenters. The molecule has 0 spiro atoms. The molecule has 1 aliphatic heterocycles. The first-order valence-corrected chi connectivity index (χ1v) is 12.3. The minimum atomic E-state index is 0.556. The van der Waals surface area contributed by atoms with Crippen LogP contribution in [0.2, 0.25) is 0 Å². The lowest BCUT2D eigenvalue weighted by atomic mass is 10.1. The van der Waals surface area contributed by atoms with Crippen molar-refractivity contribution in [2.75, 3.05) is 23.5 Å². The zero-order valence-corrected chi connectivity index (χ0v) is 20.7. The second kappa shape index (κ2) is 8.38. The largest absolute Gasteiger partial charge is 0.439 e. The molecular weight excluding hydrogens is 458 g/mol. The average molecular weight is 484 g/mol. The van der Waals surface area contributed by atoms with Gasteiger partial charge in [-0.15, -0.1) is 0 Å². The van der Waals surface area contributed by atoms with Gasteiger partial charge in [-0.25, -0.2) is 9.97 Å². The van der Waals surface area contributed by atoms with Crippen molar-refractivity contribution in [1.29, 1.82) is 0 Å². The van der Waals surface area contributed by atoms with Crippen molar-refractivity contribution in [3.8, 4) is 17.4 Å². The van der Waals surface area contributed by atoms with E-state index in [4.69, 9.17) is 9.72 Å². The number of para-hydroxylation sites is 3. The van der Waals surface area contributed by atoms with Crippen LogP contribution in [0.3, 0.4) is 0 Å². The van der Waals surface area contributed by atoms with E-state index in [0.29, 0.717) is 5.88 Å². The van der Waals surface area contributed by atoms with Crippen LogP contribution in [0.4, 0.5) is 17.1 Å². The zero-order chi connectivity index (χ0) is 24.9. The van der Waals surface area contributed by atoms with Gasteiger partial charge in [0.05, 0.1) is 29.1 Å². The van der Waals surface area contributed by atoms with Crippen molar-refractivity contribution in [2.24, 2.45) is 0 Å². The monoisotopic (exact) mass is 483 g/mol. The number of nitrogens with zero attached hydrogens (tertiary/aromatic N) is 5. The highest BCUT2D eigenvalue weighted by molar-refractivity contribution is 6.09. The molecular formula is C31H25N5O. The van der Waals surface area contributed by atoms with Gasteiger partial charge in [-0.2, -0.15) is 0 Å². The molecule has 0 saturated heterocycles. The Balaban J connectivity index is 1.28. The Hall–Kier alpha value is -4.84. The summed E-state index contributed by atoms with van der Waals surface area (Å²) in [6, 6.07) is 31.2. The summed E-state index contributed by atoms with van der Waals surface area (Å²) in [6.45, 7) is 2.83. The Morgan fingerprint density at radius 3 is 2.43 bits per heavy atom. The van der Waals surface area contributed by atoms with Crippen LogP contribution < -0.4 is 14.5 Å². The summed E-state index contributed by atoms with van der Waals surface area (Å²) in [4.78, 5) is 13.7. The molecule has 180 valence electrons. The molecule has 37 heavy (non-hydrogen) atoms. The summed E-state index contributed by atoms with van der Waals surface area (Å²) in [5.41, 5.74) is 6.72. The lowest BCUT2D eigenvalue weighted by Gasteiger charge is -2.20. The lowest BCUT2D eigenvalue weighted by Crippen LogP contribution is -2.23. The molecule has 1 aliphatic rings. The summed E-state index contributed by atoms with van der Waals surface area (Å²) in [5, 5.41) is 2.34. The van der Waals surface area contributed by atoms with Gasteiger partial charge in [0.1, 0.15) is 11.6 Å². The number of anilines is 3. The van der Waals surface area contributed by atoms with Crippen LogP contribution in [0.5, 0.6) is 11.6 Å². The third kappa shape index (κ3) is 3.57. The first kappa shape index (κ1) is 21.4. The number of aromatic nitrogens is 3. The van der Waals surface area contributed by atoms with Gasteiger partial charge in [0, 0.05) is 48.0 Å². The summed E-state index contributed by atoms with van der Waals surface area (Å²) in [7, 11) is 2.11. The summed E-state index contributed by atoms with van der Waals surface area (Å²) < 4.78 is 8.51. The maximum atomic E-state index is 6.32. The van der Waals surface area contributed by atoms with Crippen molar-refractivity contribution in [1.82, 2.24) is 14.5 Å². The molecule has 6 nitrogen and oxygen atoms in total. The highest BCUT2D eigenvalue weighted by atomic mass is 16.5. The molecule has 0 aliphatic carbocycles. The van der Waals surface area contributed by atoms with Crippen LogP contribution in [0.1, 0.15) is 5.56 Å². The molecule has 0 amide bonds. The van der Waals surface area contributed by atoms with E-state index < -0.39 is 0 Å². The molecule has 0 saturated carbocycles. The number of ether oxygens (including phenoxy) is 1. The molecule has 3 aromatic carbocycles. The van der Waals surface area contributed by atoms with Gasteiger partial charge in [-0.1, -0.05) is 36.4 Å². The van der Waals surface area contributed by atoms with Crippen LogP contribution in [-0.2, 0) is 0 Å². The van der Waals surface area contributed by atoms with E-state index in [0.717, 1.165) is 45.9 Å². The first-order chi connectivity index (χ1) is 18.2. The quantitative estimate of drug-likeness (QED) is 0.265. The minimum Gasteiger partial charge on any atom is -0.439 e. The molecule has 0 unspecified atom stereocenters. The van der Waals surface area contributed by atoms with Crippen molar-refractivity contribution in [3.63, 3.8) is 0 Å². The van der Waals surface area contributed by atoms with E-state index >= 15 is 0 Å². The predicted molar refractivity (Wildman–Crippen MR) is 149 cm³/mol. The predicted octanol–water partition coefficient (Wildman–Crippen LogP) is 7.22. The highest BCUT2D eigenvalue weighted by Gasteiger charge is 2.24. The van der Waals surface area contributed by atoms with Gasteiger partial charge < -0.3 is 14.5 Å². The van der Waals surface area contributed by atoms with E-state index in [2.05, 4.69) is 106 Å². The van der Waals surface area contributed by atoms with Crippen LogP contribution in [-0.4, -0.2) is 28.3 Å². The zero-order valence-electron chi connectivity index (χ0n) is 20.7. The van der Waals surface area contributed by atoms with Crippen molar-refractivity contribution in [2.45, 2.75) is 6.92 Å². The summed E-state index contributed by atoms with van der Waals surface area (Å²) in [5.74, 6) is 2.16. The van der Waals surface area contributed by atoms with Crippen LogP contribution >= 0.6 is 0 Å². The summed E-state index contributed by atoms with van der Waals surface area (Å²) in [6.07, 6.45) is 3.71. The Morgan fingerprint density at radius 1 is 0.757 bits per heavy atom. The van der Waals surface area contributed by atoms with Gasteiger partial charge in [-0.3, -0.25) is 4.57 Å². The molecule has 4 heterocycles. The fourth-order valence-corrected chi connectivity index (χ4v) is 5.20. The fourth-order valence-electron chi connectivity index (χ4n) is 5.20. The number of hydrogen-bond donors (Lipinski definition) is 0. The van der Waals surface area contributed by atoms with E-state index in [-0.39, 0.29) is 0 Å². The molecule has 0 fully saturated rings. The molecule has 0 radical (unpaired) electrons. The van der Waals surface area contributed by atoms with Gasteiger partial charge in [0.15, 0.2) is 0 Å². The van der Waals surface area contributed by atoms with Crippen LogP contribution in [0, 0.1) is 6.92 Å². The third-order valence-corrected chi connectivity index (χ3v) is 6.96. The summed E-state index contributed by atoms with van der Waals surface area (Å²) >= 11 is 0. The van der Waals surface area contributed by atoms with Crippen molar-refractivity contribution < 1.29 is 4.74 Å². The molecule has 6 heteroatoms. The van der Waals surface area contributed by atoms with Crippen molar-refractivity contribution >= 4 is 38.9 Å². The van der Waals surface area contributed by atoms with Crippen LogP contribution in [0.25, 0.3) is 27.6 Å². The maximum Gasteiger partial charge on any atom is 0.221 e. The van der Waals surface area contributed by atoms with E-state index in [1.807, 2.05) is 24.4 Å². The molecule has 7 rings (SSSR count). The number of rotatable bonds is 4.